The maximum Gasteiger partial charge on any atom is 0.249 e. The van der Waals surface area contributed by atoms with Gasteiger partial charge < -0.3 is 20.1 Å². The molecular weight excluding hydrogens is 394 g/mol. The van der Waals surface area contributed by atoms with E-state index in [-0.39, 0.29) is 30.9 Å². The zero-order valence-corrected chi connectivity index (χ0v) is 17.6. The lowest BCUT2D eigenvalue weighted by atomic mass is 9.88. The fourth-order valence-electron chi connectivity index (χ4n) is 4.48. The molecule has 0 radical (unpaired) electrons. The molecule has 1 saturated heterocycles. The summed E-state index contributed by atoms with van der Waals surface area (Å²) < 4.78 is 5.81. The lowest BCUT2D eigenvalue weighted by Gasteiger charge is -2.40. The maximum atomic E-state index is 12.5. The van der Waals surface area contributed by atoms with Crippen LogP contribution in [-0.4, -0.2) is 46.1 Å². The van der Waals surface area contributed by atoms with Crippen molar-refractivity contribution in [1.82, 2.24) is 9.88 Å². The minimum absolute atomic E-state index is 0.0401. The van der Waals surface area contributed by atoms with E-state index in [1.807, 2.05) is 36.4 Å². The average molecular weight is 424 g/mol. The van der Waals surface area contributed by atoms with E-state index in [4.69, 9.17) is 4.74 Å². The van der Waals surface area contributed by atoms with Gasteiger partial charge in [0.2, 0.25) is 11.8 Å². The monoisotopic (exact) mass is 423 g/mol. The van der Waals surface area contributed by atoms with E-state index in [2.05, 4.69) is 10.3 Å². The normalized spacial score (nSPS) is 22.4. The number of pyridine rings is 1. The molecule has 31 heavy (non-hydrogen) atoms. The van der Waals surface area contributed by atoms with Crippen LogP contribution in [0.3, 0.4) is 0 Å². The van der Waals surface area contributed by atoms with Crippen LogP contribution >= 0.6 is 0 Å². The topological polar surface area (TPSA) is 91.8 Å². The second-order valence-electron chi connectivity index (χ2n) is 8.31. The van der Waals surface area contributed by atoms with Gasteiger partial charge in [-0.15, -0.1) is 0 Å². The summed E-state index contributed by atoms with van der Waals surface area (Å²) in [4.78, 5) is 30.7. The van der Waals surface area contributed by atoms with E-state index in [0.29, 0.717) is 6.54 Å². The van der Waals surface area contributed by atoms with E-state index in [1.54, 1.807) is 17.3 Å². The zero-order valence-electron chi connectivity index (χ0n) is 17.6. The quantitative estimate of drug-likeness (QED) is 0.745. The standard InChI is InChI=1S/C24H29N3O4/c28-15-21-23(31-16-22(29)27(21)14-17-5-4-12-25-13-17)18-8-10-20(11-9-18)26-24(30)19-6-2-1-3-7-19/h4-5,8-13,19,21,23,28H,1-3,6-7,14-16H2,(H,26,30)/t21-,23-/m1/s1. The van der Waals surface area contributed by atoms with Gasteiger partial charge in [0.05, 0.1) is 12.6 Å². The molecule has 164 valence electrons. The molecule has 1 aliphatic carbocycles. The number of carbonyl (C=O) groups is 2. The minimum atomic E-state index is -0.496. The van der Waals surface area contributed by atoms with Gasteiger partial charge in [-0.05, 0) is 42.2 Å². The smallest absolute Gasteiger partial charge is 0.249 e. The van der Waals surface area contributed by atoms with Gasteiger partial charge in [-0.25, -0.2) is 0 Å². The summed E-state index contributed by atoms with van der Waals surface area (Å²) in [7, 11) is 0. The van der Waals surface area contributed by atoms with Crippen LogP contribution in [0.2, 0.25) is 0 Å². The summed E-state index contributed by atoms with van der Waals surface area (Å²) in [6.45, 7) is 0.117. The molecule has 0 unspecified atom stereocenters. The van der Waals surface area contributed by atoms with Crippen LogP contribution in [0.15, 0.2) is 48.8 Å². The van der Waals surface area contributed by atoms with Crippen LogP contribution in [0.4, 0.5) is 5.69 Å². The minimum Gasteiger partial charge on any atom is -0.394 e. The number of hydrogen-bond acceptors (Lipinski definition) is 5. The van der Waals surface area contributed by atoms with Crippen LogP contribution in [0.25, 0.3) is 0 Å². The lowest BCUT2D eigenvalue weighted by molar-refractivity contribution is -0.162. The lowest BCUT2D eigenvalue weighted by Crippen LogP contribution is -2.52. The van der Waals surface area contributed by atoms with Crippen molar-refractivity contribution in [1.29, 1.82) is 0 Å². The Kier molecular flexibility index (Phi) is 6.94. The Labute approximate surface area is 182 Å². The van der Waals surface area contributed by atoms with Gasteiger partial charge >= 0.3 is 0 Å². The van der Waals surface area contributed by atoms with Gasteiger partial charge in [-0.2, -0.15) is 0 Å². The Hall–Kier alpha value is -2.77. The molecule has 7 nitrogen and oxygen atoms in total. The molecule has 2 N–H and O–H groups in total. The Morgan fingerprint density at radius 2 is 1.94 bits per heavy atom. The molecule has 7 heteroatoms. The first kappa shape index (κ1) is 21.5. The van der Waals surface area contributed by atoms with Crippen molar-refractivity contribution in [3.05, 3.63) is 59.9 Å². The number of anilines is 1. The number of benzene rings is 1. The van der Waals surface area contributed by atoms with Gasteiger partial charge in [0.25, 0.3) is 0 Å². The predicted octanol–water partition coefficient (Wildman–Crippen LogP) is 3.06. The van der Waals surface area contributed by atoms with Crippen molar-refractivity contribution >= 4 is 17.5 Å². The van der Waals surface area contributed by atoms with Crippen LogP contribution in [0, 0.1) is 5.92 Å². The molecule has 1 aromatic heterocycles. The van der Waals surface area contributed by atoms with Crippen molar-refractivity contribution in [2.45, 2.75) is 50.8 Å². The first-order valence-corrected chi connectivity index (χ1v) is 11.0. The van der Waals surface area contributed by atoms with Gasteiger partial charge in [0.1, 0.15) is 12.7 Å². The van der Waals surface area contributed by atoms with Gasteiger partial charge in [0.15, 0.2) is 0 Å². The zero-order chi connectivity index (χ0) is 21.6. The number of morpholine rings is 1. The summed E-state index contributed by atoms with van der Waals surface area (Å²) in [6.07, 6.45) is 8.33. The van der Waals surface area contributed by atoms with Gasteiger partial charge in [-0.1, -0.05) is 37.5 Å². The highest BCUT2D eigenvalue weighted by atomic mass is 16.5. The molecule has 2 heterocycles. The third-order valence-electron chi connectivity index (χ3n) is 6.20. The molecular formula is C24H29N3O4. The number of aliphatic hydroxyl groups excluding tert-OH is 1. The fraction of sp³-hybridized carbons (Fsp3) is 0.458. The van der Waals surface area contributed by atoms with E-state index in [1.165, 1.54) is 6.42 Å². The van der Waals surface area contributed by atoms with E-state index in [9.17, 15) is 14.7 Å². The van der Waals surface area contributed by atoms with E-state index >= 15 is 0 Å². The molecule has 1 aromatic carbocycles. The molecule has 2 fully saturated rings. The maximum absolute atomic E-state index is 12.5. The molecule has 2 atom stereocenters. The number of aromatic nitrogens is 1. The first-order valence-electron chi connectivity index (χ1n) is 11.0. The number of ether oxygens (including phenoxy) is 1. The van der Waals surface area contributed by atoms with Crippen LogP contribution in [0.5, 0.6) is 0 Å². The number of amides is 2. The Morgan fingerprint density at radius 3 is 2.61 bits per heavy atom. The summed E-state index contributed by atoms with van der Waals surface area (Å²) >= 11 is 0. The number of aliphatic hydroxyl groups is 1. The highest BCUT2D eigenvalue weighted by Gasteiger charge is 2.37. The largest absolute Gasteiger partial charge is 0.394 e. The highest BCUT2D eigenvalue weighted by Crippen LogP contribution is 2.31. The first-order chi connectivity index (χ1) is 15.2. The van der Waals surface area contributed by atoms with Crippen molar-refractivity contribution in [3.63, 3.8) is 0 Å². The van der Waals surface area contributed by atoms with Crippen molar-refractivity contribution in [2.75, 3.05) is 18.5 Å². The van der Waals surface area contributed by atoms with Crippen LogP contribution in [0.1, 0.15) is 49.3 Å². The van der Waals surface area contributed by atoms with Crippen LogP contribution < -0.4 is 5.32 Å². The summed E-state index contributed by atoms with van der Waals surface area (Å²) in [5.41, 5.74) is 2.51. The molecule has 0 spiro atoms. The van der Waals surface area contributed by atoms with Gasteiger partial charge in [0, 0.05) is 30.5 Å². The number of nitrogens with one attached hydrogen (secondary N) is 1. The fourth-order valence-corrected chi connectivity index (χ4v) is 4.48. The summed E-state index contributed by atoms with van der Waals surface area (Å²) in [6, 6.07) is 10.7. The van der Waals surface area contributed by atoms with E-state index in [0.717, 1.165) is 42.5 Å². The number of nitrogens with zero attached hydrogens (tertiary/aromatic N) is 2. The third kappa shape index (κ3) is 5.11. The molecule has 1 aliphatic heterocycles. The van der Waals surface area contributed by atoms with Crippen molar-refractivity contribution < 1.29 is 19.4 Å². The molecule has 2 aromatic rings. The Morgan fingerprint density at radius 1 is 1.16 bits per heavy atom. The summed E-state index contributed by atoms with van der Waals surface area (Å²) in [5.74, 6) is 0.0271. The van der Waals surface area contributed by atoms with Crippen molar-refractivity contribution in [3.8, 4) is 0 Å². The molecule has 2 aliphatic rings. The number of carbonyl (C=O) groups excluding carboxylic acids is 2. The predicted molar refractivity (Wildman–Crippen MR) is 116 cm³/mol. The number of hydrogen-bond donors (Lipinski definition) is 2. The molecule has 2 amide bonds. The Bertz CT molecular complexity index is 881. The second kappa shape index (κ2) is 10.0. The second-order valence-corrected chi connectivity index (χ2v) is 8.31. The van der Waals surface area contributed by atoms with Gasteiger partial charge in [-0.3, -0.25) is 14.6 Å². The van der Waals surface area contributed by atoms with E-state index < -0.39 is 12.1 Å². The third-order valence-corrected chi connectivity index (χ3v) is 6.20. The molecule has 1 saturated carbocycles. The highest BCUT2D eigenvalue weighted by molar-refractivity contribution is 5.92. The SMILES string of the molecule is O=C(Nc1ccc([C@H]2OCC(=O)N(Cc3cccnc3)[C@@H]2CO)cc1)C1CCCCC1. The Balaban J connectivity index is 1.45. The summed E-state index contributed by atoms with van der Waals surface area (Å²) in [5, 5.41) is 13.1. The van der Waals surface area contributed by atoms with Crippen LogP contribution in [-0.2, 0) is 20.9 Å². The molecule has 0 bridgehead atoms. The average Bonchev–Trinajstić information content (AvgIpc) is 2.82. The van der Waals surface area contributed by atoms with Crippen molar-refractivity contribution in [2.24, 2.45) is 5.92 Å². The number of rotatable bonds is 6. The molecule has 4 rings (SSSR count).